The lowest BCUT2D eigenvalue weighted by Gasteiger charge is -2.32. The molecule has 2 fully saturated rings. The van der Waals surface area contributed by atoms with Gasteiger partial charge in [-0.1, -0.05) is 29.8 Å². The van der Waals surface area contributed by atoms with Crippen LogP contribution in [-0.2, 0) is 6.54 Å². The number of nitrogens with zero attached hydrogens (tertiary/aromatic N) is 2. The molecule has 0 aromatic heterocycles. The summed E-state index contributed by atoms with van der Waals surface area (Å²) in [6.45, 7) is 6.13. The summed E-state index contributed by atoms with van der Waals surface area (Å²) in [7, 11) is 0. The molecule has 0 bridgehead atoms. The lowest BCUT2D eigenvalue weighted by atomic mass is 10.1. The molecular formula is C22H27N4O3+. The van der Waals surface area contributed by atoms with Crippen LogP contribution in [0, 0.1) is 17.0 Å². The summed E-state index contributed by atoms with van der Waals surface area (Å²) in [6.07, 6.45) is 2.07. The van der Waals surface area contributed by atoms with Crippen molar-refractivity contribution in [2.24, 2.45) is 0 Å². The van der Waals surface area contributed by atoms with Gasteiger partial charge in [0, 0.05) is 23.2 Å². The Morgan fingerprint density at radius 3 is 2.62 bits per heavy atom. The van der Waals surface area contributed by atoms with Gasteiger partial charge in [0.1, 0.15) is 12.2 Å². The number of hydrogen-bond donors (Lipinski definition) is 2. The number of nitro benzene ring substituents is 1. The largest absolute Gasteiger partial charge is 0.377 e. The van der Waals surface area contributed by atoms with Crippen LogP contribution in [0.25, 0.3) is 0 Å². The number of quaternary nitrogens is 1. The van der Waals surface area contributed by atoms with E-state index in [-0.39, 0.29) is 11.6 Å². The molecule has 2 aliphatic rings. The number of aryl methyl sites for hydroxylation is 1. The van der Waals surface area contributed by atoms with Gasteiger partial charge in [-0.15, -0.1) is 0 Å². The van der Waals surface area contributed by atoms with Crippen LogP contribution in [0.5, 0.6) is 0 Å². The van der Waals surface area contributed by atoms with Crippen molar-refractivity contribution in [1.29, 1.82) is 0 Å². The first kappa shape index (κ1) is 19.4. The zero-order valence-corrected chi connectivity index (χ0v) is 16.7. The Kier molecular flexibility index (Phi) is 5.49. The lowest BCUT2D eigenvalue weighted by Crippen LogP contribution is -3.13. The number of rotatable bonds is 6. The zero-order valence-electron chi connectivity index (χ0n) is 16.7. The molecule has 1 heterocycles. The first-order valence-electron chi connectivity index (χ1n) is 10.2. The minimum atomic E-state index is -0.411. The number of amides is 1. The topological polar surface area (TPSA) is 79.9 Å². The molecule has 152 valence electrons. The van der Waals surface area contributed by atoms with Crippen molar-refractivity contribution >= 4 is 17.3 Å². The molecule has 1 aliphatic carbocycles. The van der Waals surface area contributed by atoms with Gasteiger partial charge in [-0.25, -0.2) is 0 Å². The highest BCUT2D eigenvalue weighted by molar-refractivity contribution is 5.95. The molecule has 4 rings (SSSR count). The number of hydrogen-bond acceptors (Lipinski definition) is 4. The second kappa shape index (κ2) is 8.21. The van der Waals surface area contributed by atoms with Crippen LogP contribution in [0.2, 0.25) is 0 Å². The van der Waals surface area contributed by atoms with Gasteiger partial charge in [0.2, 0.25) is 0 Å². The van der Waals surface area contributed by atoms with Gasteiger partial charge in [-0.3, -0.25) is 14.9 Å². The van der Waals surface area contributed by atoms with Crippen LogP contribution in [0.1, 0.15) is 34.3 Å². The van der Waals surface area contributed by atoms with Crippen molar-refractivity contribution < 1.29 is 14.6 Å². The number of nitro groups is 1. The Labute approximate surface area is 170 Å². The summed E-state index contributed by atoms with van der Waals surface area (Å²) in [4.78, 5) is 27.2. The standard InChI is InChI=1S/C22H26N4O3/c1-16-3-2-4-17(13-16)15-24-9-11-25(12-10-24)22(27)18-5-8-20(23-19-6-7-19)21(14-18)26(28)29/h2-5,8,13-14,19,23H,6-7,9-12,15H2,1H3/p+1. The first-order chi connectivity index (χ1) is 14.0. The molecule has 0 atom stereocenters. The number of anilines is 1. The van der Waals surface area contributed by atoms with E-state index in [1.165, 1.54) is 22.1 Å². The molecule has 0 radical (unpaired) electrons. The van der Waals surface area contributed by atoms with Gasteiger partial charge < -0.3 is 15.1 Å². The smallest absolute Gasteiger partial charge is 0.293 e. The van der Waals surface area contributed by atoms with Gasteiger partial charge in [0.25, 0.3) is 11.6 Å². The van der Waals surface area contributed by atoms with Crippen molar-refractivity contribution in [3.05, 3.63) is 69.3 Å². The van der Waals surface area contributed by atoms with E-state index >= 15 is 0 Å². The van der Waals surface area contributed by atoms with Crippen molar-refractivity contribution in [3.8, 4) is 0 Å². The predicted octanol–water partition coefficient (Wildman–Crippen LogP) is 2.02. The van der Waals surface area contributed by atoms with E-state index in [9.17, 15) is 14.9 Å². The molecule has 2 aromatic carbocycles. The maximum absolute atomic E-state index is 12.9. The molecule has 7 nitrogen and oxygen atoms in total. The minimum absolute atomic E-state index is 0.0218. The van der Waals surface area contributed by atoms with E-state index in [0.717, 1.165) is 32.5 Å². The summed E-state index contributed by atoms with van der Waals surface area (Å²) in [6, 6.07) is 13.6. The van der Waals surface area contributed by atoms with Crippen LogP contribution in [0.3, 0.4) is 0 Å². The molecule has 0 spiro atoms. The number of piperazine rings is 1. The molecule has 29 heavy (non-hydrogen) atoms. The first-order valence-corrected chi connectivity index (χ1v) is 10.2. The highest BCUT2D eigenvalue weighted by Gasteiger charge is 2.28. The van der Waals surface area contributed by atoms with E-state index in [1.54, 1.807) is 12.1 Å². The molecule has 2 N–H and O–H groups in total. The summed E-state index contributed by atoms with van der Waals surface area (Å²) >= 11 is 0. The lowest BCUT2D eigenvalue weighted by molar-refractivity contribution is -0.917. The van der Waals surface area contributed by atoms with Crippen LogP contribution in [-0.4, -0.2) is 48.0 Å². The van der Waals surface area contributed by atoms with Crippen molar-refractivity contribution in [3.63, 3.8) is 0 Å². The summed E-state index contributed by atoms with van der Waals surface area (Å²) < 4.78 is 0. The number of carbonyl (C=O) groups excluding carboxylic acids is 1. The molecule has 1 saturated carbocycles. The quantitative estimate of drug-likeness (QED) is 0.579. The van der Waals surface area contributed by atoms with Crippen LogP contribution in [0.15, 0.2) is 42.5 Å². The Morgan fingerprint density at radius 1 is 1.21 bits per heavy atom. The van der Waals surface area contributed by atoms with Crippen molar-refractivity contribution in [1.82, 2.24) is 4.90 Å². The fourth-order valence-electron chi connectivity index (χ4n) is 3.88. The maximum Gasteiger partial charge on any atom is 0.293 e. The fourth-order valence-corrected chi connectivity index (χ4v) is 3.88. The monoisotopic (exact) mass is 395 g/mol. The second-order valence-corrected chi connectivity index (χ2v) is 8.12. The van der Waals surface area contributed by atoms with Gasteiger partial charge >= 0.3 is 0 Å². The van der Waals surface area contributed by atoms with Crippen LogP contribution in [0.4, 0.5) is 11.4 Å². The van der Waals surface area contributed by atoms with E-state index in [0.29, 0.717) is 30.4 Å². The summed E-state index contributed by atoms with van der Waals surface area (Å²) in [5, 5.41) is 14.6. The molecule has 1 aliphatic heterocycles. The average Bonchev–Trinajstić information content (AvgIpc) is 3.52. The predicted molar refractivity (Wildman–Crippen MR) is 111 cm³/mol. The van der Waals surface area contributed by atoms with Gasteiger partial charge in [-0.2, -0.15) is 0 Å². The Morgan fingerprint density at radius 2 is 1.97 bits per heavy atom. The molecule has 0 unspecified atom stereocenters. The second-order valence-electron chi connectivity index (χ2n) is 8.12. The Hall–Kier alpha value is -2.93. The third-order valence-electron chi connectivity index (χ3n) is 5.67. The summed E-state index contributed by atoms with van der Waals surface area (Å²) in [5.41, 5.74) is 3.44. The van der Waals surface area contributed by atoms with E-state index in [2.05, 4.69) is 36.5 Å². The van der Waals surface area contributed by atoms with Crippen LogP contribution < -0.4 is 10.2 Å². The molecule has 7 heteroatoms. The number of nitrogens with one attached hydrogen (secondary N) is 2. The highest BCUT2D eigenvalue weighted by atomic mass is 16.6. The van der Waals surface area contributed by atoms with Crippen LogP contribution >= 0.6 is 0 Å². The van der Waals surface area contributed by atoms with Gasteiger partial charge in [-0.05, 0) is 31.9 Å². The minimum Gasteiger partial charge on any atom is -0.377 e. The van der Waals surface area contributed by atoms with E-state index < -0.39 is 4.92 Å². The Bertz CT molecular complexity index is 918. The normalized spacial score (nSPS) is 17.2. The van der Waals surface area contributed by atoms with Crippen molar-refractivity contribution in [2.75, 3.05) is 31.5 Å². The number of carbonyl (C=O) groups is 1. The number of benzene rings is 2. The van der Waals surface area contributed by atoms with Crippen molar-refractivity contribution in [2.45, 2.75) is 32.4 Å². The summed E-state index contributed by atoms with van der Waals surface area (Å²) in [5.74, 6) is -0.124. The Balaban J connectivity index is 1.39. The zero-order chi connectivity index (χ0) is 20.4. The average molecular weight is 395 g/mol. The van der Waals surface area contributed by atoms with Gasteiger partial charge in [0.05, 0.1) is 31.1 Å². The van der Waals surface area contributed by atoms with E-state index in [1.807, 2.05) is 4.90 Å². The van der Waals surface area contributed by atoms with E-state index in [4.69, 9.17) is 0 Å². The fraction of sp³-hybridized carbons (Fsp3) is 0.409. The molecular weight excluding hydrogens is 368 g/mol. The van der Waals surface area contributed by atoms with Gasteiger partial charge in [0.15, 0.2) is 0 Å². The molecule has 2 aromatic rings. The molecule has 1 amide bonds. The maximum atomic E-state index is 12.9. The molecule has 1 saturated heterocycles. The SMILES string of the molecule is Cc1cccc(C[NH+]2CCN(C(=O)c3ccc(NC4CC4)c([N+](=O)[O-])c3)CC2)c1. The highest BCUT2D eigenvalue weighted by Crippen LogP contribution is 2.31. The third-order valence-corrected chi connectivity index (χ3v) is 5.67. The third kappa shape index (κ3) is 4.74.